The van der Waals surface area contributed by atoms with E-state index >= 15 is 0 Å². The van der Waals surface area contributed by atoms with Gasteiger partial charge >= 0.3 is 0 Å². The first kappa shape index (κ1) is 21.3. The second-order valence-corrected chi connectivity index (χ2v) is 6.88. The molecule has 0 aliphatic carbocycles. The van der Waals surface area contributed by atoms with Gasteiger partial charge in [-0.2, -0.15) is 0 Å². The van der Waals surface area contributed by atoms with Gasteiger partial charge in [0, 0.05) is 45.8 Å². The van der Waals surface area contributed by atoms with Gasteiger partial charge in [0.25, 0.3) is 0 Å². The highest BCUT2D eigenvalue weighted by Gasteiger charge is 2.23. The summed E-state index contributed by atoms with van der Waals surface area (Å²) in [5.41, 5.74) is 0. The van der Waals surface area contributed by atoms with E-state index in [-0.39, 0.29) is 5.91 Å². The fraction of sp³-hybridized carbons (Fsp3) is 0.700. The Kier molecular flexibility index (Phi) is 9.76. The van der Waals surface area contributed by atoms with Crippen molar-refractivity contribution in [1.29, 1.82) is 0 Å². The monoisotopic (exact) mass is 378 g/mol. The minimum Gasteiger partial charge on any atom is -0.469 e. The van der Waals surface area contributed by atoms with Crippen LogP contribution in [0.25, 0.3) is 0 Å². The molecule has 7 nitrogen and oxygen atoms in total. The Balaban J connectivity index is 1.76. The number of methoxy groups -OCH3 is 1. The van der Waals surface area contributed by atoms with E-state index in [1.54, 1.807) is 13.4 Å². The van der Waals surface area contributed by atoms with Crippen molar-refractivity contribution < 1.29 is 13.9 Å². The molecule has 0 spiro atoms. The molecule has 2 N–H and O–H groups in total. The summed E-state index contributed by atoms with van der Waals surface area (Å²) in [6.45, 7) is 5.83. The fourth-order valence-electron chi connectivity index (χ4n) is 3.07. The molecule has 1 aliphatic heterocycles. The summed E-state index contributed by atoms with van der Waals surface area (Å²) in [6, 6.07) is 4.23. The summed E-state index contributed by atoms with van der Waals surface area (Å²) in [5.74, 6) is 2.01. The molecule has 0 aromatic carbocycles. The molecule has 1 amide bonds. The molecule has 0 atom stereocenters. The summed E-state index contributed by atoms with van der Waals surface area (Å²) in [5, 5.41) is 6.95. The lowest BCUT2D eigenvalue weighted by Crippen LogP contribution is -2.50. The van der Waals surface area contributed by atoms with Gasteiger partial charge in [0.05, 0.1) is 19.3 Å². The second-order valence-electron chi connectivity index (χ2n) is 6.88. The largest absolute Gasteiger partial charge is 0.469 e. The van der Waals surface area contributed by atoms with Crippen LogP contribution in [0.2, 0.25) is 0 Å². The summed E-state index contributed by atoms with van der Waals surface area (Å²) in [7, 11) is 1.63. The number of hydrogen-bond donors (Lipinski definition) is 2. The summed E-state index contributed by atoms with van der Waals surface area (Å²) >= 11 is 0. The number of aliphatic imine (C=N–C) groups is 1. The molecule has 1 aromatic rings. The Morgan fingerprint density at radius 3 is 2.89 bits per heavy atom. The molecule has 0 saturated carbocycles. The molecule has 7 heteroatoms. The number of nitrogens with zero attached hydrogens (tertiary/aromatic N) is 2. The van der Waals surface area contributed by atoms with Crippen LogP contribution in [0, 0.1) is 0 Å². The third kappa shape index (κ3) is 8.03. The number of carbonyl (C=O) groups excluding carboxylic acids is 1. The lowest BCUT2D eigenvalue weighted by atomic mass is 10.0. The van der Waals surface area contributed by atoms with Crippen molar-refractivity contribution in [2.24, 2.45) is 4.99 Å². The molecule has 0 bridgehead atoms. The van der Waals surface area contributed by atoms with Gasteiger partial charge in [0.2, 0.25) is 5.91 Å². The number of hydrogen-bond acceptors (Lipinski definition) is 4. The van der Waals surface area contributed by atoms with Crippen molar-refractivity contribution in [1.82, 2.24) is 15.5 Å². The zero-order valence-electron chi connectivity index (χ0n) is 16.7. The van der Waals surface area contributed by atoms with Crippen LogP contribution in [0.3, 0.4) is 0 Å². The predicted octanol–water partition coefficient (Wildman–Crippen LogP) is 2.18. The van der Waals surface area contributed by atoms with Gasteiger partial charge in [-0.05, 0) is 31.4 Å². The van der Waals surface area contributed by atoms with E-state index in [0.29, 0.717) is 19.1 Å². The second kappa shape index (κ2) is 12.4. The molecule has 152 valence electrons. The number of amides is 1. The molecule has 0 unspecified atom stereocenters. The molecule has 1 aliphatic rings. The number of piperidine rings is 1. The third-order valence-corrected chi connectivity index (χ3v) is 4.73. The normalized spacial score (nSPS) is 15.8. The number of rotatable bonds is 10. The van der Waals surface area contributed by atoms with E-state index in [4.69, 9.17) is 9.15 Å². The molecule has 2 heterocycles. The molecule has 1 fully saturated rings. The zero-order valence-corrected chi connectivity index (χ0v) is 16.7. The number of ether oxygens (including phenoxy) is 1. The summed E-state index contributed by atoms with van der Waals surface area (Å²) in [6.07, 6.45) is 7.07. The van der Waals surface area contributed by atoms with E-state index in [0.717, 1.165) is 70.0 Å². The highest BCUT2D eigenvalue weighted by atomic mass is 16.5. The van der Waals surface area contributed by atoms with Crippen LogP contribution in [0.4, 0.5) is 0 Å². The summed E-state index contributed by atoms with van der Waals surface area (Å²) < 4.78 is 10.4. The molecule has 0 radical (unpaired) electrons. The third-order valence-electron chi connectivity index (χ3n) is 4.73. The van der Waals surface area contributed by atoms with Crippen LogP contribution in [0.1, 0.15) is 44.8 Å². The van der Waals surface area contributed by atoms with Crippen molar-refractivity contribution in [2.75, 3.05) is 39.9 Å². The number of nitrogens with one attached hydrogen (secondary N) is 2. The quantitative estimate of drug-likeness (QED) is 0.371. The van der Waals surface area contributed by atoms with Crippen molar-refractivity contribution >= 4 is 11.9 Å². The van der Waals surface area contributed by atoms with E-state index in [1.807, 2.05) is 17.0 Å². The maximum atomic E-state index is 12.1. The van der Waals surface area contributed by atoms with Crippen LogP contribution < -0.4 is 10.6 Å². The van der Waals surface area contributed by atoms with Gasteiger partial charge < -0.3 is 24.7 Å². The van der Waals surface area contributed by atoms with Crippen molar-refractivity contribution in [3.8, 4) is 0 Å². The van der Waals surface area contributed by atoms with Crippen molar-refractivity contribution in [2.45, 2.75) is 51.5 Å². The van der Waals surface area contributed by atoms with Crippen molar-refractivity contribution in [3.63, 3.8) is 0 Å². The molecule has 1 saturated heterocycles. The van der Waals surface area contributed by atoms with Gasteiger partial charge in [-0.25, -0.2) is 0 Å². The van der Waals surface area contributed by atoms with E-state index in [2.05, 4.69) is 22.5 Å². The predicted molar refractivity (Wildman–Crippen MR) is 107 cm³/mol. The average Bonchev–Trinajstić information content (AvgIpc) is 3.20. The van der Waals surface area contributed by atoms with E-state index in [1.165, 1.54) is 0 Å². The Morgan fingerprint density at radius 2 is 2.22 bits per heavy atom. The zero-order chi connectivity index (χ0) is 19.3. The molecule has 1 aromatic heterocycles. The minimum atomic E-state index is 0.184. The van der Waals surface area contributed by atoms with E-state index < -0.39 is 0 Å². The Morgan fingerprint density at radius 1 is 1.41 bits per heavy atom. The average molecular weight is 379 g/mol. The standard InChI is InChI=1S/C20H34N4O3/c1-3-4-11-21-20(22-12-7-18-6-5-15-27-18)23-17-8-13-24(14-9-17)19(25)10-16-26-2/h5-6,15,17H,3-4,7-14,16H2,1-2H3,(H2,21,22,23). The number of likely N-dealkylation sites (tertiary alicyclic amines) is 1. The molecule has 27 heavy (non-hydrogen) atoms. The van der Waals surface area contributed by atoms with Gasteiger partial charge in [-0.15, -0.1) is 0 Å². The van der Waals surface area contributed by atoms with Gasteiger partial charge in [-0.3, -0.25) is 9.79 Å². The van der Waals surface area contributed by atoms with Crippen LogP contribution >= 0.6 is 0 Å². The number of unbranched alkanes of at least 4 members (excludes halogenated alkanes) is 1. The van der Waals surface area contributed by atoms with E-state index in [9.17, 15) is 4.79 Å². The highest BCUT2D eigenvalue weighted by Crippen LogP contribution is 2.11. The first-order chi connectivity index (χ1) is 13.2. The fourth-order valence-corrected chi connectivity index (χ4v) is 3.07. The maximum Gasteiger partial charge on any atom is 0.224 e. The topological polar surface area (TPSA) is 79.1 Å². The Bertz CT molecular complexity index is 552. The first-order valence-corrected chi connectivity index (χ1v) is 10.1. The smallest absolute Gasteiger partial charge is 0.224 e. The van der Waals surface area contributed by atoms with Gasteiger partial charge in [0.15, 0.2) is 5.96 Å². The number of guanidine groups is 1. The first-order valence-electron chi connectivity index (χ1n) is 10.1. The number of carbonyl (C=O) groups is 1. The number of furan rings is 1. The SMILES string of the molecule is CCCCN=C(NCCc1ccco1)NC1CCN(C(=O)CCOC)CC1. The highest BCUT2D eigenvalue weighted by molar-refractivity contribution is 5.80. The van der Waals surface area contributed by atoms with Gasteiger partial charge in [0.1, 0.15) is 5.76 Å². The Labute approximate surface area is 162 Å². The molecular weight excluding hydrogens is 344 g/mol. The van der Waals surface area contributed by atoms with Crippen LogP contribution in [-0.4, -0.2) is 62.7 Å². The van der Waals surface area contributed by atoms with Gasteiger partial charge in [-0.1, -0.05) is 13.3 Å². The minimum absolute atomic E-state index is 0.184. The van der Waals surface area contributed by atoms with Crippen molar-refractivity contribution in [3.05, 3.63) is 24.2 Å². The van der Waals surface area contributed by atoms with Crippen LogP contribution in [0.5, 0.6) is 0 Å². The van der Waals surface area contributed by atoms with Crippen LogP contribution in [-0.2, 0) is 16.0 Å². The lowest BCUT2D eigenvalue weighted by Gasteiger charge is -2.33. The Hall–Kier alpha value is -2.02. The van der Waals surface area contributed by atoms with Crippen LogP contribution in [0.15, 0.2) is 27.8 Å². The summed E-state index contributed by atoms with van der Waals surface area (Å²) in [4.78, 5) is 18.7. The lowest BCUT2D eigenvalue weighted by molar-refractivity contribution is -0.133. The molecule has 2 rings (SSSR count). The maximum absolute atomic E-state index is 12.1. The molecular formula is C20H34N4O3.